The van der Waals surface area contributed by atoms with Crippen molar-refractivity contribution in [1.82, 2.24) is 0 Å². The van der Waals surface area contributed by atoms with Gasteiger partial charge in [-0.15, -0.1) is 0 Å². The van der Waals surface area contributed by atoms with Gasteiger partial charge in [0.2, 0.25) is 0 Å². The molecule has 2 N–H and O–H groups in total. The fourth-order valence-corrected chi connectivity index (χ4v) is 2.64. The number of fused-ring (bicyclic) bond motifs is 1. The van der Waals surface area contributed by atoms with Crippen LogP contribution in [0.2, 0.25) is 5.02 Å². The Morgan fingerprint density at radius 1 is 1.29 bits per heavy atom. The monoisotopic (exact) mass is 303 g/mol. The zero-order valence-electron chi connectivity index (χ0n) is 11.4. The van der Waals surface area contributed by atoms with E-state index in [1.54, 1.807) is 24.3 Å². The van der Waals surface area contributed by atoms with E-state index in [2.05, 4.69) is 5.32 Å². The molecule has 0 radical (unpaired) electrons. The summed E-state index contributed by atoms with van der Waals surface area (Å²) >= 11 is 6.19. The van der Waals surface area contributed by atoms with Crippen molar-refractivity contribution < 1.29 is 14.6 Å². The Morgan fingerprint density at radius 2 is 2.10 bits per heavy atom. The van der Waals surface area contributed by atoms with Gasteiger partial charge in [0.1, 0.15) is 11.9 Å². The molecule has 2 aromatic rings. The van der Waals surface area contributed by atoms with Crippen LogP contribution < -0.4 is 10.1 Å². The van der Waals surface area contributed by atoms with Gasteiger partial charge in [-0.3, -0.25) is 4.79 Å². The van der Waals surface area contributed by atoms with E-state index in [1.807, 2.05) is 19.1 Å². The molecule has 0 fully saturated rings. The Bertz CT molecular complexity index is 715. The minimum Gasteiger partial charge on any atom is -0.482 e. The van der Waals surface area contributed by atoms with E-state index in [9.17, 15) is 9.90 Å². The van der Waals surface area contributed by atoms with Gasteiger partial charge in [-0.25, -0.2) is 0 Å². The fraction of sp³-hybridized carbons (Fsp3) is 0.188. The number of aliphatic hydroxyl groups excluding tert-OH is 1. The molecule has 108 valence electrons. The summed E-state index contributed by atoms with van der Waals surface area (Å²) in [4.78, 5) is 11.3. The Morgan fingerprint density at radius 3 is 2.86 bits per heavy atom. The maximum absolute atomic E-state index is 11.3. The van der Waals surface area contributed by atoms with Gasteiger partial charge >= 0.3 is 0 Å². The van der Waals surface area contributed by atoms with E-state index in [0.717, 1.165) is 5.56 Å². The Kier molecular flexibility index (Phi) is 3.57. The van der Waals surface area contributed by atoms with E-state index < -0.39 is 6.10 Å². The van der Waals surface area contributed by atoms with Crippen LogP contribution in [0, 0.1) is 6.92 Å². The predicted molar refractivity (Wildman–Crippen MR) is 80.8 cm³/mol. The van der Waals surface area contributed by atoms with Gasteiger partial charge < -0.3 is 15.2 Å². The lowest BCUT2D eigenvalue weighted by Crippen LogP contribution is -2.25. The number of hydrogen-bond acceptors (Lipinski definition) is 3. The number of rotatable bonds is 2. The third-order valence-electron chi connectivity index (χ3n) is 3.40. The summed E-state index contributed by atoms with van der Waals surface area (Å²) in [6, 6.07) is 10.7. The van der Waals surface area contributed by atoms with Crippen LogP contribution in [0.3, 0.4) is 0 Å². The van der Waals surface area contributed by atoms with Crippen LogP contribution in [-0.2, 0) is 4.79 Å². The SMILES string of the molecule is Cc1ccc(C(O)c2ccc3c(c2)NC(=O)CO3)c(Cl)c1. The first-order valence-corrected chi connectivity index (χ1v) is 6.93. The number of carbonyl (C=O) groups is 1. The van der Waals surface area contributed by atoms with Crippen LogP contribution in [0.1, 0.15) is 22.8 Å². The van der Waals surface area contributed by atoms with E-state index in [4.69, 9.17) is 16.3 Å². The smallest absolute Gasteiger partial charge is 0.262 e. The van der Waals surface area contributed by atoms with Gasteiger partial charge in [0.05, 0.1) is 5.69 Å². The second-order valence-electron chi connectivity index (χ2n) is 5.02. The third kappa shape index (κ3) is 2.73. The highest BCUT2D eigenvalue weighted by molar-refractivity contribution is 6.31. The van der Waals surface area contributed by atoms with E-state index >= 15 is 0 Å². The number of ether oxygens (including phenoxy) is 1. The van der Waals surface area contributed by atoms with Crippen molar-refractivity contribution in [3.05, 3.63) is 58.1 Å². The van der Waals surface area contributed by atoms with Crippen molar-refractivity contribution in [2.24, 2.45) is 0 Å². The molecule has 1 heterocycles. The summed E-state index contributed by atoms with van der Waals surface area (Å²) in [5.41, 5.74) is 2.86. The van der Waals surface area contributed by atoms with E-state index in [-0.39, 0.29) is 12.5 Å². The highest BCUT2D eigenvalue weighted by atomic mass is 35.5. The first kappa shape index (κ1) is 13.9. The Labute approximate surface area is 127 Å². The van der Waals surface area contributed by atoms with Crippen LogP contribution in [0.15, 0.2) is 36.4 Å². The molecule has 0 spiro atoms. The molecule has 1 aliphatic heterocycles. The van der Waals surface area contributed by atoms with Crippen molar-refractivity contribution in [3.8, 4) is 5.75 Å². The number of nitrogens with one attached hydrogen (secondary N) is 1. The molecule has 21 heavy (non-hydrogen) atoms. The summed E-state index contributed by atoms with van der Waals surface area (Å²) in [5.74, 6) is 0.392. The number of aryl methyl sites for hydroxylation is 1. The Balaban J connectivity index is 1.96. The summed E-state index contributed by atoms with van der Waals surface area (Å²) in [6.45, 7) is 1.95. The predicted octanol–water partition coefficient (Wildman–Crippen LogP) is 3.06. The van der Waals surface area contributed by atoms with Gasteiger partial charge in [-0.1, -0.05) is 29.8 Å². The summed E-state index contributed by atoms with van der Waals surface area (Å²) < 4.78 is 5.30. The molecule has 1 atom stereocenters. The molecule has 1 unspecified atom stereocenters. The minimum absolute atomic E-state index is 0.0126. The van der Waals surface area contributed by atoms with Gasteiger partial charge in [0, 0.05) is 10.6 Å². The van der Waals surface area contributed by atoms with Gasteiger partial charge in [0.25, 0.3) is 5.91 Å². The number of carbonyl (C=O) groups excluding carboxylic acids is 1. The molecule has 0 saturated heterocycles. The fourth-order valence-electron chi connectivity index (χ4n) is 2.30. The first-order chi connectivity index (χ1) is 10.0. The Hall–Kier alpha value is -2.04. The molecule has 0 aromatic heterocycles. The normalized spacial score (nSPS) is 14.9. The second kappa shape index (κ2) is 5.39. The average Bonchev–Trinajstić information content (AvgIpc) is 2.46. The van der Waals surface area contributed by atoms with Crippen LogP contribution in [0.4, 0.5) is 5.69 Å². The average molecular weight is 304 g/mol. The maximum Gasteiger partial charge on any atom is 0.262 e. The highest BCUT2D eigenvalue weighted by Gasteiger charge is 2.20. The van der Waals surface area contributed by atoms with Gasteiger partial charge in [-0.05, 0) is 36.2 Å². The van der Waals surface area contributed by atoms with E-state index in [0.29, 0.717) is 27.6 Å². The molecule has 1 amide bonds. The molecule has 5 heteroatoms. The largest absolute Gasteiger partial charge is 0.482 e. The molecule has 3 rings (SSSR count). The summed E-state index contributed by atoms with van der Waals surface area (Å²) in [7, 11) is 0. The third-order valence-corrected chi connectivity index (χ3v) is 3.73. The van der Waals surface area contributed by atoms with Crippen molar-refractivity contribution in [1.29, 1.82) is 0 Å². The molecule has 1 aliphatic rings. The van der Waals surface area contributed by atoms with E-state index in [1.165, 1.54) is 0 Å². The number of halogens is 1. The van der Waals surface area contributed by atoms with Gasteiger partial charge in [0.15, 0.2) is 6.61 Å². The zero-order chi connectivity index (χ0) is 15.0. The summed E-state index contributed by atoms with van der Waals surface area (Å²) in [5, 5.41) is 13.7. The number of anilines is 1. The standard InChI is InChI=1S/C16H14ClNO3/c1-9-2-4-11(12(17)6-9)16(20)10-3-5-14-13(7-10)18-15(19)8-21-14/h2-7,16,20H,8H2,1H3,(H,18,19). The zero-order valence-corrected chi connectivity index (χ0v) is 12.1. The van der Waals surface area contributed by atoms with Crippen molar-refractivity contribution >= 4 is 23.2 Å². The quantitative estimate of drug-likeness (QED) is 0.896. The van der Waals surface area contributed by atoms with Gasteiger partial charge in [-0.2, -0.15) is 0 Å². The number of aliphatic hydroxyl groups is 1. The maximum atomic E-state index is 11.3. The lowest BCUT2D eigenvalue weighted by Gasteiger charge is -2.20. The number of benzene rings is 2. The molecular weight excluding hydrogens is 290 g/mol. The van der Waals surface area contributed by atoms with Crippen molar-refractivity contribution in [2.75, 3.05) is 11.9 Å². The molecular formula is C16H14ClNO3. The summed E-state index contributed by atoms with van der Waals surface area (Å²) in [6.07, 6.45) is -0.859. The molecule has 0 aliphatic carbocycles. The van der Waals surface area contributed by atoms with Crippen molar-refractivity contribution in [2.45, 2.75) is 13.0 Å². The lowest BCUT2D eigenvalue weighted by molar-refractivity contribution is -0.118. The topological polar surface area (TPSA) is 58.6 Å². The van der Waals surface area contributed by atoms with Crippen LogP contribution in [0.5, 0.6) is 5.75 Å². The van der Waals surface area contributed by atoms with Crippen molar-refractivity contribution in [3.63, 3.8) is 0 Å². The number of hydrogen-bond donors (Lipinski definition) is 2. The molecule has 4 nitrogen and oxygen atoms in total. The van der Waals surface area contributed by atoms with Crippen LogP contribution in [0.25, 0.3) is 0 Å². The highest BCUT2D eigenvalue weighted by Crippen LogP contribution is 2.34. The lowest BCUT2D eigenvalue weighted by atomic mass is 9.99. The minimum atomic E-state index is -0.859. The molecule has 2 aromatic carbocycles. The number of amides is 1. The second-order valence-corrected chi connectivity index (χ2v) is 5.43. The first-order valence-electron chi connectivity index (χ1n) is 6.55. The van der Waals surface area contributed by atoms with Crippen LogP contribution >= 0.6 is 11.6 Å². The molecule has 0 saturated carbocycles. The molecule has 0 bridgehead atoms. The van der Waals surface area contributed by atoms with Crippen LogP contribution in [-0.4, -0.2) is 17.6 Å².